The monoisotopic (exact) mass is 292 g/mol. The summed E-state index contributed by atoms with van der Waals surface area (Å²) in [6.07, 6.45) is -0.559. The minimum atomic E-state index is -1.06. The number of carboxylic acid groups (broad SMARTS) is 2. The number of amides is 1. The maximum absolute atomic E-state index is 11.4. The van der Waals surface area contributed by atoms with Gasteiger partial charge in [0.1, 0.15) is 0 Å². The van der Waals surface area contributed by atoms with E-state index in [4.69, 9.17) is 5.11 Å². The van der Waals surface area contributed by atoms with Gasteiger partial charge in [-0.3, -0.25) is 4.79 Å². The van der Waals surface area contributed by atoms with E-state index in [9.17, 15) is 14.7 Å². The van der Waals surface area contributed by atoms with E-state index in [0.29, 0.717) is 13.0 Å². The number of nitrogens with zero attached hydrogens (tertiary/aromatic N) is 1. The molecule has 0 unspecified atom stereocenters. The van der Waals surface area contributed by atoms with Crippen molar-refractivity contribution in [1.29, 1.82) is 0 Å². The zero-order valence-corrected chi connectivity index (χ0v) is 11.9. The van der Waals surface area contributed by atoms with Gasteiger partial charge in [-0.15, -0.1) is 0 Å². The van der Waals surface area contributed by atoms with E-state index in [-0.39, 0.29) is 18.6 Å². The SMILES string of the molecule is C[C@@H](N[C@@H]1CCN(C(=O)O)C[C@@H]1C(=O)O)c1ccccc1. The van der Waals surface area contributed by atoms with Gasteiger partial charge in [0.15, 0.2) is 0 Å². The molecule has 1 amide bonds. The Morgan fingerprint density at radius 1 is 1.29 bits per heavy atom. The van der Waals surface area contributed by atoms with E-state index in [0.717, 1.165) is 5.56 Å². The third-order valence-electron chi connectivity index (χ3n) is 3.96. The molecule has 3 N–H and O–H groups in total. The van der Waals surface area contributed by atoms with E-state index in [1.54, 1.807) is 0 Å². The molecule has 1 fully saturated rings. The summed E-state index contributed by atoms with van der Waals surface area (Å²) in [5.74, 6) is -1.68. The molecule has 1 aliphatic rings. The first-order chi connectivity index (χ1) is 9.99. The zero-order chi connectivity index (χ0) is 15.4. The summed E-state index contributed by atoms with van der Waals surface area (Å²) in [6.45, 7) is 2.37. The van der Waals surface area contributed by atoms with Crippen molar-refractivity contribution in [2.24, 2.45) is 5.92 Å². The molecule has 1 heterocycles. The number of hydrogen-bond acceptors (Lipinski definition) is 3. The van der Waals surface area contributed by atoms with Crippen molar-refractivity contribution >= 4 is 12.1 Å². The molecule has 0 aliphatic carbocycles. The van der Waals surface area contributed by atoms with Gasteiger partial charge in [0.05, 0.1) is 5.92 Å². The molecule has 2 rings (SSSR count). The van der Waals surface area contributed by atoms with Gasteiger partial charge in [-0.05, 0) is 18.9 Å². The fourth-order valence-electron chi connectivity index (χ4n) is 2.73. The molecule has 1 aromatic rings. The third kappa shape index (κ3) is 3.72. The number of aliphatic carboxylic acids is 1. The lowest BCUT2D eigenvalue weighted by Gasteiger charge is -2.37. The van der Waals surface area contributed by atoms with E-state index >= 15 is 0 Å². The second-order valence-electron chi connectivity index (χ2n) is 5.37. The van der Waals surface area contributed by atoms with Crippen LogP contribution in [0.2, 0.25) is 0 Å². The van der Waals surface area contributed by atoms with E-state index < -0.39 is 18.0 Å². The van der Waals surface area contributed by atoms with Crippen LogP contribution in [0.25, 0.3) is 0 Å². The van der Waals surface area contributed by atoms with Crippen molar-refractivity contribution in [3.05, 3.63) is 35.9 Å². The molecule has 0 spiro atoms. The van der Waals surface area contributed by atoms with Crippen LogP contribution in [-0.4, -0.2) is 46.3 Å². The largest absolute Gasteiger partial charge is 0.481 e. The number of nitrogens with one attached hydrogen (secondary N) is 1. The van der Waals surface area contributed by atoms with Crippen LogP contribution in [0.5, 0.6) is 0 Å². The molecule has 0 radical (unpaired) electrons. The Labute approximate surface area is 123 Å². The van der Waals surface area contributed by atoms with Gasteiger partial charge in [0.2, 0.25) is 0 Å². The van der Waals surface area contributed by atoms with Gasteiger partial charge in [-0.1, -0.05) is 30.3 Å². The molecule has 0 saturated carbocycles. The van der Waals surface area contributed by atoms with Crippen LogP contribution >= 0.6 is 0 Å². The predicted molar refractivity (Wildman–Crippen MR) is 77.1 cm³/mol. The second kappa shape index (κ2) is 6.58. The van der Waals surface area contributed by atoms with Gasteiger partial charge in [-0.2, -0.15) is 0 Å². The van der Waals surface area contributed by atoms with Gasteiger partial charge < -0.3 is 20.4 Å². The van der Waals surface area contributed by atoms with Crippen molar-refractivity contribution in [1.82, 2.24) is 10.2 Å². The van der Waals surface area contributed by atoms with Crippen LogP contribution in [0.15, 0.2) is 30.3 Å². The molecule has 0 aromatic heterocycles. The predicted octanol–water partition coefficient (Wildman–Crippen LogP) is 1.79. The summed E-state index contributed by atoms with van der Waals surface area (Å²) in [6, 6.07) is 9.58. The van der Waals surface area contributed by atoms with Crippen molar-refractivity contribution in [3.63, 3.8) is 0 Å². The molecule has 6 nitrogen and oxygen atoms in total. The maximum Gasteiger partial charge on any atom is 0.407 e. The first-order valence-corrected chi connectivity index (χ1v) is 7.00. The lowest BCUT2D eigenvalue weighted by atomic mass is 9.91. The Morgan fingerprint density at radius 2 is 1.95 bits per heavy atom. The summed E-state index contributed by atoms with van der Waals surface area (Å²) in [4.78, 5) is 23.5. The molecule has 1 saturated heterocycles. The molecule has 21 heavy (non-hydrogen) atoms. The average Bonchev–Trinajstić information content (AvgIpc) is 2.48. The second-order valence-corrected chi connectivity index (χ2v) is 5.37. The van der Waals surface area contributed by atoms with Crippen LogP contribution in [0.4, 0.5) is 4.79 Å². The number of carbonyl (C=O) groups is 2. The van der Waals surface area contributed by atoms with Crippen molar-refractivity contribution in [2.45, 2.75) is 25.4 Å². The molecule has 1 aromatic carbocycles. The van der Waals surface area contributed by atoms with Crippen LogP contribution in [0.3, 0.4) is 0 Å². The Balaban J connectivity index is 2.04. The van der Waals surface area contributed by atoms with Gasteiger partial charge >= 0.3 is 12.1 Å². The highest BCUT2D eigenvalue weighted by Crippen LogP contribution is 2.22. The first kappa shape index (κ1) is 15.3. The zero-order valence-electron chi connectivity index (χ0n) is 11.9. The van der Waals surface area contributed by atoms with Gasteiger partial charge in [0, 0.05) is 25.2 Å². The number of benzene rings is 1. The highest BCUT2D eigenvalue weighted by atomic mass is 16.4. The quantitative estimate of drug-likeness (QED) is 0.787. The summed E-state index contributed by atoms with van der Waals surface area (Å²) >= 11 is 0. The summed E-state index contributed by atoms with van der Waals surface area (Å²) in [5.41, 5.74) is 1.09. The fourth-order valence-corrected chi connectivity index (χ4v) is 2.73. The number of hydrogen-bond donors (Lipinski definition) is 3. The van der Waals surface area contributed by atoms with E-state index in [1.807, 2.05) is 37.3 Å². The first-order valence-electron chi connectivity index (χ1n) is 7.00. The van der Waals surface area contributed by atoms with Crippen LogP contribution in [0, 0.1) is 5.92 Å². The van der Waals surface area contributed by atoms with Gasteiger partial charge in [-0.25, -0.2) is 4.79 Å². The van der Waals surface area contributed by atoms with Crippen molar-refractivity contribution in [2.75, 3.05) is 13.1 Å². The lowest BCUT2D eigenvalue weighted by molar-refractivity contribution is -0.144. The minimum Gasteiger partial charge on any atom is -0.481 e. The number of rotatable bonds is 4. The molecule has 6 heteroatoms. The summed E-state index contributed by atoms with van der Waals surface area (Å²) in [5, 5.41) is 21.7. The minimum absolute atomic E-state index is 0.0226. The Bertz CT molecular complexity index is 506. The Morgan fingerprint density at radius 3 is 2.52 bits per heavy atom. The molecule has 1 aliphatic heterocycles. The lowest BCUT2D eigenvalue weighted by Crippen LogP contribution is -2.53. The number of piperidine rings is 1. The topological polar surface area (TPSA) is 89.9 Å². The molecule has 3 atom stereocenters. The number of likely N-dealkylation sites (tertiary alicyclic amines) is 1. The third-order valence-corrected chi connectivity index (χ3v) is 3.96. The van der Waals surface area contributed by atoms with E-state index in [1.165, 1.54) is 4.90 Å². The summed E-state index contributed by atoms with van der Waals surface area (Å²) in [7, 11) is 0. The highest BCUT2D eigenvalue weighted by Gasteiger charge is 2.36. The average molecular weight is 292 g/mol. The molecular formula is C15H20N2O4. The Hall–Kier alpha value is -2.08. The van der Waals surface area contributed by atoms with Crippen LogP contribution < -0.4 is 5.32 Å². The normalized spacial score (nSPS) is 23.6. The Kier molecular flexibility index (Phi) is 4.80. The standard InChI is InChI=1S/C15H20N2O4/c1-10(11-5-3-2-4-6-11)16-13-7-8-17(15(20)21)9-12(13)14(18)19/h2-6,10,12-13,16H,7-9H2,1H3,(H,18,19)(H,20,21)/t10-,12+,13-/m1/s1. The van der Waals surface area contributed by atoms with Gasteiger partial charge in [0.25, 0.3) is 0 Å². The summed E-state index contributed by atoms with van der Waals surface area (Å²) < 4.78 is 0. The van der Waals surface area contributed by atoms with Crippen molar-refractivity contribution in [3.8, 4) is 0 Å². The molecular weight excluding hydrogens is 272 g/mol. The molecule has 0 bridgehead atoms. The molecule has 114 valence electrons. The van der Waals surface area contributed by atoms with Crippen molar-refractivity contribution < 1.29 is 19.8 Å². The number of carboxylic acids is 1. The highest BCUT2D eigenvalue weighted by molar-refractivity contribution is 5.73. The van der Waals surface area contributed by atoms with Crippen LogP contribution in [0.1, 0.15) is 24.9 Å². The fraction of sp³-hybridized carbons (Fsp3) is 0.467. The smallest absolute Gasteiger partial charge is 0.407 e. The van der Waals surface area contributed by atoms with Crippen LogP contribution in [-0.2, 0) is 4.79 Å². The maximum atomic E-state index is 11.4. The van der Waals surface area contributed by atoms with E-state index in [2.05, 4.69) is 5.32 Å².